The van der Waals surface area contributed by atoms with Crippen LogP contribution < -0.4 is 9.64 Å². The normalized spacial score (nSPS) is 16.0. The minimum atomic E-state index is -0.972. The lowest BCUT2D eigenvalue weighted by Gasteiger charge is -2.34. The number of hydrogen-bond acceptors (Lipinski definition) is 6. The summed E-state index contributed by atoms with van der Waals surface area (Å²) in [5.41, 5.74) is 0.673. The largest absolute Gasteiger partial charge is 0.478 e. The Morgan fingerprint density at radius 2 is 2.00 bits per heavy atom. The highest BCUT2D eigenvalue weighted by Crippen LogP contribution is 2.28. The topological polar surface area (TPSA) is 88.4 Å². The zero-order chi connectivity index (χ0) is 20.1. The van der Waals surface area contributed by atoms with E-state index < -0.39 is 5.97 Å². The molecule has 0 aromatic carbocycles. The fourth-order valence-electron chi connectivity index (χ4n) is 3.57. The number of nitrogens with zero attached hydrogens (tertiary/aromatic N) is 4. The van der Waals surface area contributed by atoms with Crippen molar-refractivity contribution < 1.29 is 14.6 Å². The summed E-state index contributed by atoms with van der Waals surface area (Å²) in [4.78, 5) is 26.1. The van der Waals surface area contributed by atoms with Gasteiger partial charge >= 0.3 is 5.97 Å². The van der Waals surface area contributed by atoms with Crippen molar-refractivity contribution in [3.63, 3.8) is 0 Å². The number of hydrogen-bond donors (Lipinski definition) is 1. The van der Waals surface area contributed by atoms with E-state index in [4.69, 9.17) is 21.4 Å². The molecule has 2 aromatic heterocycles. The average Bonchev–Trinajstić information content (AvgIpc) is 2.68. The molecule has 2 aromatic rings. The highest BCUT2D eigenvalue weighted by Gasteiger charge is 2.25. The summed E-state index contributed by atoms with van der Waals surface area (Å²) in [6.07, 6.45) is 6.39. The summed E-state index contributed by atoms with van der Waals surface area (Å²) in [5.74, 6) is 1.42. The lowest BCUT2D eigenvalue weighted by Crippen LogP contribution is -2.36. The van der Waals surface area contributed by atoms with Crippen LogP contribution in [0.15, 0.2) is 24.5 Å². The van der Waals surface area contributed by atoms with Crippen molar-refractivity contribution in [2.24, 2.45) is 11.8 Å². The molecule has 7 nitrogen and oxygen atoms in total. The van der Waals surface area contributed by atoms with Crippen LogP contribution in [0.5, 0.6) is 5.88 Å². The SMILES string of the molecule is Cc1nc(OCCC(C)C2CCN(c3ncc(Cl)cn3)CC2)ccc1C(=O)O. The summed E-state index contributed by atoms with van der Waals surface area (Å²) < 4.78 is 5.74. The summed E-state index contributed by atoms with van der Waals surface area (Å²) in [5, 5.41) is 9.61. The number of anilines is 1. The fourth-order valence-corrected chi connectivity index (χ4v) is 3.66. The van der Waals surface area contributed by atoms with Crippen molar-refractivity contribution in [2.45, 2.75) is 33.1 Å². The van der Waals surface area contributed by atoms with Crippen LogP contribution >= 0.6 is 11.6 Å². The van der Waals surface area contributed by atoms with E-state index in [0.29, 0.717) is 35.0 Å². The van der Waals surface area contributed by atoms with Gasteiger partial charge in [0.15, 0.2) is 0 Å². The molecular formula is C20H25ClN4O3. The Hall–Kier alpha value is -2.41. The highest BCUT2D eigenvalue weighted by atomic mass is 35.5. The Balaban J connectivity index is 1.43. The lowest BCUT2D eigenvalue weighted by atomic mass is 9.84. The van der Waals surface area contributed by atoms with Crippen molar-refractivity contribution in [3.05, 3.63) is 40.8 Å². The van der Waals surface area contributed by atoms with E-state index in [0.717, 1.165) is 38.3 Å². The first-order valence-electron chi connectivity index (χ1n) is 9.50. The first-order valence-corrected chi connectivity index (χ1v) is 9.88. The van der Waals surface area contributed by atoms with Crippen molar-refractivity contribution in [2.75, 3.05) is 24.6 Å². The summed E-state index contributed by atoms with van der Waals surface area (Å²) in [6.45, 7) is 6.39. The molecule has 1 fully saturated rings. The van der Waals surface area contributed by atoms with E-state index in [1.807, 2.05) is 0 Å². The fraction of sp³-hybridized carbons (Fsp3) is 0.500. The summed E-state index contributed by atoms with van der Waals surface area (Å²) >= 11 is 5.85. The van der Waals surface area contributed by atoms with Crippen molar-refractivity contribution in [3.8, 4) is 5.88 Å². The lowest BCUT2D eigenvalue weighted by molar-refractivity contribution is 0.0695. The highest BCUT2D eigenvalue weighted by molar-refractivity contribution is 6.30. The van der Waals surface area contributed by atoms with Crippen LogP contribution in [0.4, 0.5) is 5.95 Å². The Bertz CT molecular complexity index is 808. The van der Waals surface area contributed by atoms with Crippen molar-refractivity contribution in [1.82, 2.24) is 15.0 Å². The van der Waals surface area contributed by atoms with Gasteiger partial charge < -0.3 is 14.7 Å². The smallest absolute Gasteiger partial charge is 0.337 e. The molecule has 1 N–H and O–H groups in total. The number of carbonyl (C=O) groups is 1. The van der Waals surface area contributed by atoms with Crippen LogP contribution in [0.1, 0.15) is 42.2 Å². The Labute approximate surface area is 169 Å². The zero-order valence-electron chi connectivity index (χ0n) is 16.1. The molecule has 0 saturated carbocycles. The first-order chi connectivity index (χ1) is 13.4. The van der Waals surface area contributed by atoms with Gasteiger partial charge in [0.1, 0.15) is 0 Å². The van der Waals surface area contributed by atoms with Gasteiger partial charge in [-0.15, -0.1) is 0 Å². The average molecular weight is 405 g/mol. The van der Waals surface area contributed by atoms with Gasteiger partial charge in [0.05, 0.1) is 35.3 Å². The third kappa shape index (κ3) is 5.10. The molecule has 0 bridgehead atoms. The minimum absolute atomic E-state index is 0.206. The van der Waals surface area contributed by atoms with E-state index >= 15 is 0 Å². The number of piperidine rings is 1. The molecule has 8 heteroatoms. The molecule has 1 aliphatic heterocycles. The molecule has 1 unspecified atom stereocenters. The molecule has 0 amide bonds. The number of halogens is 1. The number of aromatic carboxylic acids is 1. The van der Waals surface area contributed by atoms with Gasteiger partial charge in [0, 0.05) is 19.2 Å². The monoisotopic (exact) mass is 404 g/mol. The maximum absolute atomic E-state index is 11.0. The molecule has 150 valence electrons. The van der Waals surface area contributed by atoms with E-state index in [1.54, 1.807) is 25.4 Å². The molecule has 1 atom stereocenters. The van der Waals surface area contributed by atoms with Crippen LogP contribution in [-0.2, 0) is 0 Å². The van der Waals surface area contributed by atoms with Gasteiger partial charge in [-0.05, 0) is 44.1 Å². The van der Waals surface area contributed by atoms with Crippen LogP contribution in [0.3, 0.4) is 0 Å². The molecular weight excluding hydrogens is 380 g/mol. The minimum Gasteiger partial charge on any atom is -0.478 e. The molecule has 0 radical (unpaired) electrons. The number of carboxylic acid groups (broad SMARTS) is 1. The van der Waals surface area contributed by atoms with Crippen molar-refractivity contribution >= 4 is 23.5 Å². The van der Waals surface area contributed by atoms with E-state index in [9.17, 15) is 4.79 Å². The number of rotatable bonds is 7. The standard InChI is InChI=1S/C20H25ClN4O3/c1-13(7-10-28-18-4-3-17(19(26)27)14(2)24-18)15-5-8-25(9-6-15)20-22-11-16(21)12-23-20/h3-4,11-13,15H,5-10H2,1-2H3,(H,26,27). The van der Waals surface area contributed by atoms with Gasteiger partial charge in [0.25, 0.3) is 0 Å². The summed E-state index contributed by atoms with van der Waals surface area (Å²) in [6, 6.07) is 3.16. The van der Waals surface area contributed by atoms with E-state index in [1.165, 1.54) is 6.07 Å². The first kappa shape index (κ1) is 20.3. The molecule has 0 spiro atoms. The number of carboxylic acids is 1. The zero-order valence-corrected chi connectivity index (χ0v) is 16.9. The molecule has 3 rings (SSSR count). The maximum atomic E-state index is 11.0. The molecule has 3 heterocycles. The van der Waals surface area contributed by atoms with E-state index in [2.05, 4.69) is 26.8 Å². The van der Waals surface area contributed by atoms with Crippen LogP contribution in [-0.4, -0.2) is 45.7 Å². The summed E-state index contributed by atoms with van der Waals surface area (Å²) in [7, 11) is 0. The van der Waals surface area contributed by atoms with Crippen LogP contribution in [0.2, 0.25) is 5.02 Å². The van der Waals surface area contributed by atoms with Gasteiger partial charge in [-0.2, -0.15) is 0 Å². The molecule has 28 heavy (non-hydrogen) atoms. The third-order valence-corrected chi connectivity index (χ3v) is 5.54. The number of aromatic nitrogens is 3. The van der Waals surface area contributed by atoms with Gasteiger partial charge in [-0.25, -0.2) is 19.7 Å². The van der Waals surface area contributed by atoms with Gasteiger partial charge in [0.2, 0.25) is 11.8 Å². The van der Waals surface area contributed by atoms with Crippen molar-refractivity contribution in [1.29, 1.82) is 0 Å². The predicted molar refractivity (Wildman–Crippen MR) is 107 cm³/mol. The molecule has 1 aliphatic rings. The van der Waals surface area contributed by atoms with Gasteiger partial charge in [-0.1, -0.05) is 18.5 Å². The van der Waals surface area contributed by atoms with Gasteiger partial charge in [-0.3, -0.25) is 0 Å². The Morgan fingerprint density at radius 1 is 1.32 bits per heavy atom. The number of pyridine rings is 1. The predicted octanol–water partition coefficient (Wildman–Crippen LogP) is 3.85. The second-order valence-corrected chi connectivity index (χ2v) is 7.66. The number of ether oxygens (including phenoxy) is 1. The molecule has 0 aliphatic carbocycles. The quantitative estimate of drug-likeness (QED) is 0.749. The van der Waals surface area contributed by atoms with Crippen LogP contribution in [0, 0.1) is 18.8 Å². The molecule has 1 saturated heterocycles. The Kier molecular flexibility index (Phi) is 6.67. The maximum Gasteiger partial charge on any atom is 0.337 e. The third-order valence-electron chi connectivity index (χ3n) is 5.35. The second kappa shape index (κ2) is 9.19. The van der Waals surface area contributed by atoms with Crippen LogP contribution in [0.25, 0.3) is 0 Å². The number of aryl methyl sites for hydroxylation is 1. The van der Waals surface area contributed by atoms with E-state index in [-0.39, 0.29) is 5.56 Å². The second-order valence-electron chi connectivity index (χ2n) is 7.23. The Morgan fingerprint density at radius 3 is 2.61 bits per heavy atom.